The summed E-state index contributed by atoms with van der Waals surface area (Å²) in [6.45, 7) is 9.28. The van der Waals surface area contributed by atoms with Gasteiger partial charge in [-0.15, -0.1) is 0 Å². The van der Waals surface area contributed by atoms with Gasteiger partial charge in [0.25, 0.3) is 0 Å². The van der Waals surface area contributed by atoms with Gasteiger partial charge in [0, 0.05) is 5.92 Å². The number of carbonyl (C=O) groups is 1. The summed E-state index contributed by atoms with van der Waals surface area (Å²) in [5.41, 5.74) is 5.42. The van der Waals surface area contributed by atoms with Gasteiger partial charge in [0.1, 0.15) is 5.78 Å². The van der Waals surface area contributed by atoms with Gasteiger partial charge in [0.05, 0.1) is 6.54 Å². The molecule has 0 heterocycles. The van der Waals surface area contributed by atoms with Gasteiger partial charge in [-0.1, -0.05) is 20.8 Å². The minimum Gasteiger partial charge on any atom is -0.330 e. The number of carbonyl (C=O) groups excluding carboxylic acids is 1. The maximum atomic E-state index is 11.5. The van der Waals surface area contributed by atoms with E-state index in [0.29, 0.717) is 12.3 Å². The molecule has 0 amide bonds. The molecule has 0 aliphatic rings. The largest absolute Gasteiger partial charge is 0.330 e. The first-order valence-electron chi connectivity index (χ1n) is 5.57. The van der Waals surface area contributed by atoms with Crippen LogP contribution >= 0.6 is 0 Å². The summed E-state index contributed by atoms with van der Waals surface area (Å²) in [5, 5.41) is 0. The number of unbranched alkanes of at least 4 members (excludes halogenated alkanes) is 1. The van der Waals surface area contributed by atoms with Crippen LogP contribution in [-0.2, 0) is 4.79 Å². The van der Waals surface area contributed by atoms with Crippen molar-refractivity contribution in [1.29, 1.82) is 0 Å². The number of nitrogens with zero attached hydrogens (tertiary/aromatic N) is 1. The summed E-state index contributed by atoms with van der Waals surface area (Å²) in [7, 11) is 0. The molecule has 3 nitrogen and oxygen atoms in total. The molecule has 0 aliphatic carbocycles. The Morgan fingerprint density at radius 1 is 1.36 bits per heavy atom. The highest BCUT2D eigenvalue weighted by Gasteiger charge is 2.11. The fraction of sp³-hybridized carbons (Fsp3) is 0.909. The highest BCUT2D eigenvalue weighted by Crippen LogP contribution is 2.00. The van der Waals surface area contributed by atoms with Gasteiger partial charge in [0.2, 0.25) is 0 Å². The Balaban J connectivity index is 3.73. The molecule has 0 atom stereocenters. The van der Waals surface area contributed by atoms with Gasteiger partial charge in [-0.25, -0.2) is 0 Å². The van der Waals surface area contributed by atoms with Crippen LogP contribution in [-0.4, -0.2) is 36.9 Å². The number of nitrogens with two attached hydrogens (primary N) is 1. The number of likely N-dealkylation sites (N-methyl/N-ethyl adjacent to an activating group) is 1. The third-order valence-corrected chi connectivity index (χ3v) is 2.40. The van der Waals surface area contributed by atoms with Crippen molar-refractivity contribution in [2.75, 3.05) is 26.2 Å². The molecule has 0 fully saturated rings. The van der Waals surface area contributed by atoms with E-state index in [9.17, 15) is 4.79 Å². The van der Waals surface area contributed by atoms with E-state index >= 15 is 0 Å². The van der Waals surface area contributed by atoms with Gasteiger partial charge in [-0.3, -0.25) is 9.69 Å². The van der Waals surface area contributed by atoms with E-state index in [1.807, 2.05) is 13.8 Å². The Bertz CT molecular complexity index is 157. The van der Waals surface area contributed by atoms with E-state index in [1.165, 1.54) is 0 Å². The summed E-state index contributed by atoms with van der Waals surface area (Å²) < 4.78 is 0. The van der Waals surface area contributed by atoms with Crippen molar-refractivity contribution in [2.45, 2.75) is 33.6 Å². The molecule has 0 saturated carbocycles. The zero-order chi connectivity index (χ0) is 11.0. The fourth-order valence-electron chi connectivity index (χ4n) is 1.23. The maximum Gasteiger partial charge on any atom is 0.149 e. The molecule has 3 heteroatoms. The van der Waals surface area contributed by atoms with Crippen molar-refractivity contribution in [2.24, 2.45) is 11.7 Å². The second-order valence-electron chi connectivity index (χ2n) is 3.99. The Morgan fingerprint density at radius 2 is 2.00 bits per heavy atom. The van der Waals surface area contributed by atoms with Gasteiger partial charge in [-0.2, -0.15) is 0 Å². The van der Waals surface area contributed by atoms with E-state index in [-0.39, 0.29) is 5.92 Å². The number of Topliss-reactive ketones (excluding diaryl/α,β-unsaturated/α-hetero) is 1. The van der Waals surface area contributed by atoms with E-state index in [4.69, 9.17) is 5.73 Å². The van der Waals surface area contributed by atoms with Crippen molar-refractivity contribution in [3.63, 3.8) is 0 Å². The topological polar surface area (TPSA) is 46.3 Å². The number of ketones is 1. The molecule has 0 aromatic rings. The third kappa shape index (κ3) is 6.11. The molecular weight excluding hydrogens is 176 g/mol. The first-order valence-corrected chi connectivity index (χ1v) is 5.57. The molecule has 0 aromatic carbocycles. The van der Waals surface area contributed by atoms with Crippen LogP contribution in [0.5, 0.6) is 0 Å². The van der Waals surface area contributed by atoms with Gasteiger partial charge < -0.3 is 5.73 Å². The summed E-state index contributed by atoms with van der Waals surface area (Å²) in [4.78, 5) is 13.7. The molecule has 2 N–H and O–H groups in total. The lowest BCUT2D eigenvalue weighted by molar-refractivity contribution is -0.123. The van der Waals surface area contributed by atoms with E-state index < -0.39 is 0 Å². The van der Waals surface area contributed by atoms with E-state index in [2.05, 4.69) is 11.8 Å². The first-order chi connectivity index (χ1) is 6.61. The zero-order valence-electron chi connectivity index (χ0n) is 9.75. The van der Waals surface area contributed by atoms with Crippen LogP contribution < -0.4 is 5.73 Å². The lowest BCUT2D eigenvalue weighted by atomic mass is 10.1. The summed E-state index contributed by atoms with van der Waals surface area (Å²) in [5.74, 6) is 0.484. The smallest absolute Gasteiger partial charge is 0.149 e. The van der Waals surface area contributed by atoms with Crippen molar-refractivity contribution in [3.8, 4) is 0 Å². The monoisotopic (exact) mass is 200 g/mol. The fourth-order valence-corrected chi connectivity index (χ4v) is 1.23. The van der Waals surface area contributed by atoms with Crippen LogP contribution in [0, 0.1) is 5.92 Å². The second-order valence-corrected chi connectivity index (χ2v) is 3.99. The van der Waals surface area contributed by atoms with Crippen LogP contribution in [0.3, 0.4) is 0 Å². The van der Waals surface area contributed by atoms with Crippen LogP contribution in [0.1, 0.15) is 33.6 Å². The second kappa shape index (κ2) is 7.94. The lowest BCUT2D eigenvalue weighted by Crippen LogP contribution is -2.32. The van der Waals surface area contributed by atoms with Gasteiger partial charge >= 0.3 is 0 Å². The SMILES string of the molecule is CCN(CCCCN)CC(=O)C(C)C. The summed E-state index contributed by atoms with van der Waals surface area (Å²) in [6.07, 6.45) is 2.14. The van der Waals surface area contributed by atoms with Crippen molar-refractivity contribution in [3.05, 3.63) is 0 Å². The van der Waals surface area contributed by atoms with E-state index in [0.717, 1.165) is 32.5 Å². The van der Waals surface area contributed by atoms with Gasteiger partial charge in [-0.05, 0) is 32.5 Å². The van der Waals surface area contributed by atoms with E-state index in [1.54, 1.807) is 0 Å². The molecule has 0 spiro atoms. The summed E-state index contributed by atoms with van der Waals surface area (Å²) in [6, 6.07) is 0. The minimum absolute atomic E-state index is 0.151. The Labute approximate surface area is 87.6 Å². The van der Waals surface area contributed by atoms with Gasteiger partial charge in [0.15, 0.2) is 0 Å². The molecule has 0 radical (unpaired) electrons. The van der Waals surface area contributed by atoms with Crippen molar-refractivity contribution in [1.82, 2.24) is 4.90 Å². The molecule has 84 valence electrons. The van der Waals surface area contributed by atoms with Crippen molar-refractivity contribution < 1.29 is 4.79 Å². The molecule has 0 saturated heterocycles. The Hall–Kier alpha value is -0.410. The zero-order valence-corrected chi connectivity index (χ0v) is 9.75. The molecule has 0 bridgehead atoms. The predicted molar refractivity (Wildman–Crippen MR) is 60.2 cm³/mol. The molecule has 0 rings (SSSR count). The molecule has 14 heavy (non-hydrogen) atoms. The molecule has 0 aliphatic heterocycles. The average Bonchev–Trinajstić information content (AvgIpc) is 2.16. The van der Waals surface area contributed by atoms with Crippen LogP contribution in [0.4, 0.5) is 0 Å². The maximum absolute atomic E-state index is 11.5. The average molecular weight is 200 g/mol. The number of hydrogen-bond donors (Lipinski definition) is 1. The van der Waals surface area contributed by atoms with Crippen molar-refractivity contribution >= 4 is 5.78 Å². The quantitative estimate of drug-likeness (QED) is 0.600. The van der Waals surface area contributed by atoms with Crippen LogP contribution in [0.15, 0.2) is 0 Å². The highest BCUT2D eigenvalue weighted by molar-refractivity contribution is 5.82. The Morgan fingerprint density at radius 3 is 2.43 bits per heavy atom. The number of rotatable bonds is 8. The van der Waals surface area contributed by atoms with Crippen LogP contribution in [0.2, 0.25) is 0 Å². The summed E-state index contributed by atoms with van der Waals surface area (Å²) >= 11 is 0. The molecular formula is C11H24N2O. The predicted octanol–water partition coefficient (Wildman–Crippen LogP) is 1.27. The number of hydrogen-bond acceptors (Lipinski definition) is 3. The third-order valence-electron chi connectivity index (χ3n) is 2.40. The normalized spacial score (nSPS) is 11.3. The molecule has 0 aromatic heterocycles. The highest BCUT2D eigenvalue weighted by atomic mass is 16.1. The minimum atomic E-state index is 0.151. The Kier molecular flexibility index (Phi) is 7.71. The first kappa shape index (κ1) is 13.6. The standard InChI is InChI=1S/C11H24N2O/c1-4-13(8-6-5-7-12)9-11(14)10(2)3/h10H,4-9,12H2,1-3H3. The van der Waals surface area contributed by atoms with Crippen LogP contribution in [0.25, 0.3) is 0 Å². The molecule has 0 unspecified atom stereocenters. The lowest BCUT2D eigenvalue weighted by Gasteiger charge is -2.20.